The van der Waals surface area contributed by atoms with Crippen LogP contribution in [0.15, 0.2) is 53.7 Å². The van der Waals surface area contributed by atoms with Gasteiger partial charge in [0.15, 0.2) is 0 Å². The van der Waals surface area contributed by atoms with Gasteiger partial charge in [-0.1, -0.05) is 35.5 Å². The van der Waals surface area contributed by atoms with Crippen LogP contribution in [0.5, 0.6) is 0 Å². The fraction of sp³-hybridized carbons (Fsp3) is 0.364. The van der Waals surface area contributed by atoms with E-state index in [2.05, 4.69) is 10.1 Å². The highest BCUT2D eigenvalue weighted by atomic mass is 19.1. The van der Waals surface area contributed by atoms with Crippen LogP contribution in [0, 0.1) is 11.7 Å². The lowest BCUT2D eigenvalue weighted by molar-refractivity contribution is 0.0719. The largest absolute Gasteiger partial charge is 0.411 e. The number of likely N-dealkylation sites (tertiary alicyclic amines) is 1. The third kappa shape index (κ3) is 3.92. The molecule has 146 valence electrons. The predicted octanol–water partition coefficient (Wildman–Crippen LogP) is 3.37. The molecule has 0 saturated carbocycles. The average Bonchev–Trinajstić information content (AvgIpc) is 3.04. The van der Waals surface area contributed by atoms with Crippen molar-refractivity contribution in [2.45, 2.75) is 19.4 Å². The summed E-state index contributed by atoms with van der Waals surface area (Å²) in [6.07, 6.45) is 2.00. The smallest absolute Gasteiger partial charge is 0.254 e. The fourth-order valence-corrected chi connectivity index (χ4v) is 4.14. The Morgan fingerprint density at radius 2 is 1.82 bits per heavy atom. The van der Waals surface area contributed by atoms with Crippen LogP contribution in [-0.2, 0) is 6.54 Å². The number of halogens is 1. The van der Waals surface area contributed by atoms with Gasteiger partial charge in [0.05, 0.1) is 0 Å². The van der Waals surface area contributed by atoms with Crippen LogP contribution in [0.3, 0.4) is 0 Å². The first-order valence-electron chi connectivity index (χ1n) is 9.70. The molecular formula is C22H24FN3O2. The minimum atomic E-state index is -0.305. The zero-order valence-electron chi connectivity index (χ0n) is 15.7. The first kappa shape index (κ1) is 18.6. The van der Waals surface area contributed by atoms with Gasteiger partial charge in [-0.3, -0.25) is 9.69 Å². The molecule has 5 nitrogen and oxygen atoms in total. The number of piperidine rings is 1. The minimum Gasteiger partial charge on any atom is -0.411 e. The molecule has 6 heteroatoms. The van der Waals surface area contributed by atoms with Gasteiger partial charge in [0.1, 0.15) is 11.5 Å². The van der Waals surface area contributed by atoms with Crippen molar-refractivity contribution in [2.24, 2.45) is 11.1 Å². The van der Waals surface area contributed by atoms with Crippen molar-refractivity contribution in [1.82, 2.24) is 9.80 Å². The van der Waals surface area contributed by atoms with Crippen LogP contribution in [0.1, 0.15) is 34.3 Å². The van der Waals surface area contributed by atoms with E-state index in [1.54, 1.807) is 12.1 Å². The van der Waals surface area contributed by atoms with Crippen LogP contribution in [0.4, 0.5) is 4.39 Å². The highest BCUT2D eigenvalue weighted by Crippen LogP contribution is 2.26. The Bertz CT molecular complexity index is 874. The summed E-state index contributed by atoms with van der Waals surface area (Å²) in [5.41, 5.74) is 3.23. The normalized spacial score (nSPS) is 18.5. The molecule has 1 amide bonds. The Balaban J connectivity index is 1.29. The molecule has 0 aromatic heterocycles. The summed E-state index contributed by atoms with van der Waals surface area (Å²) in [7, 11) is 0. The van der Waals surface area contributed by atoms with E-state index in [-0.39, 0.29) is 11.7 Å². The van der Waals surface area contributed by atoms with Gasteiger partial charge in [-0.15, -0.1) is 0 Å². The van der Waals surface area contributed by atoms with Crippen molar-refractivity contribution in [3.05, 3.63) is 71.0 Å². The number of amides is 1. The standard InChI is InChI=1S/C22H24FN3O2/c23-19-7-5-17(6-8-19)21(24-28)15-25-11-9-16(10-12-25)13-26-14-18-3-1-2-4-20(18)22(26)27/h1-8,16,28H,9-15H2. The molecule has 0 radical (unpaired) electrons. The second-order valence-corrected chi connectivity index (χ2v) is 7.62. The lowest BCUT2D eigenvalue weighted by Crippen LogP contribution is -2.41. The molecule has 1 N–H and O–H groups in total. The Hall–Kier alpha value is -2.73. The van der Waals surface area contributed by atoms with Gasteiger partial charge in [-0.05, 0) is 55.6 Å². The molecule has 4 rings (SSSR count). The molecular weight excluding hydrogens is 357 g/mol. The van der Waals surface area contributed by atoms with E-state index in [4.69, 9.17) is 0 Å². The summed E-state index contributed by atoms with van der Waals surface area (Å²) < 4.78 is 13.1. The van der Waals surface area contributed by atoms with Crippen LogP contribution in [-0.4, -0.2) is 52.8 Å². The Labute approximate surface area is 164 Å². The Morgan fingerprint density at radius 1 is 1.11 bits per heavy atom. The molecule has 0 aliphatic carbocycles. The molecule has 1 saturated heterocycles. The van der Waals surface area contributed by atoms with Gasteiger partial charge in [0.25, 0.3) is 5.91 Å². The van der Waals surface area contributed by atoms with Crippen molar-refractivity contribution in [1.29, 1.82) is 0 Å². The molecule has 2 aromatic carbocycles. The molecule has 1 fully saturated rings. The number of benzene rings is 2. The van der Waals surface area contributed by atoms with E-state index in [1.807, 2.05) is 29.2 Å². The summed E-state index contributed by atoms with van der Waals surface area (Å²) in [5.74, 6) is 0.319. The summed E-state index contributed by atoms with van der Waals surface area (Å²) in [6.45, 7) is 3.81. The number of hydrogen-bond donors (Lipinski definition) is 1. The SMILES string of the molecule is O=C1c2ccccc2CN1CC1CCN(CC(=NO)c2ccc(F)cc2)CC1. The van der Waals surface area contributed by atoms with E-state index in [9.17, 15) is 14.4 Å². The lowest BCUT2D eigenvalue weighted by Gasteiger charge is -2.33. The third-order valence-corrected chi connectivity index (χ3v) is 5.75. The number of carbonyl (C=O) groups excluding carboxylic acids is 1. The van der Waals surface area contributed by atoms with Crippen LogP contribution < -0.4 is 0 Å². The number of oxime groups is 1. The molecule has 0 atom stereocenters. The van der Waals surface area contributed by atoms with E-state index in [0.29, 0.717) is 24.7 Å². The number of rotatable bonds is 5. The topological polar surface area (TPSA) is 56.1 Å². The molecule has 0 bridgehead atoms. The number of hydrogen-bond acceptors (Lipinski definition) is 4. The van der Waals surface area contributed by atoms with E-state index in [0.717, 1.165) is 49.2 Å². The van der Waals surface area contributed by atoms with Gasteiger partial charge in [-0.2, -0.15) is 0 Å². The zero-order chi connectivity index (χ0) is 19.5. The second kappa shape index (κ2) is 8.10. The maximum atomic E-state index is 13.1. The number of carbonyl (C=O) groups is 1. The molecule has 0 unspecified atom stereocenters. The van der Waals surface area contributed by atoms with Gasteiger partial charge in [-0.25, -0.2) is 4.39 Å². The summed E-state index contributed by atoms with van der Waals surface area (Å²) >= 11 is 0. The van der Waals surface area contributed by atoms with Crippen LogP contribution in [0.2, 0.25) is 0 Å². The van der Waals surface area contributed by atoms with E-state index >= 15 is 0 Å². The Kier molecular flexibility index (Phi) is 5.39. The first-order valence-corrected chi connectivity index (χ1v) is 9.70. The fourth-order valence-electron chi connectivity index (χ4n) is 4.14. The quantitative estimate of drug-likeness (QED) is 0.491. The van der Waals surface area contributed by atoms with Crippen molar-refractivity contribution in [3.63, 3.8) is 0 Å². The van der Waals surface area contributed by atoms with Gasteiger partial charge in [0, 0.05) is 30.8 Å². The molecule has 2 aromatic rings. The van der Waals surface area contributed by atoms with Crippen LogP contribution in [0.25, 0.3) is 0 Å². The third-order valence-electron chi connectivity index (χ3n) is 5.75. The van der Waals surface area contributed by atoms with Crippen molar-refractivity contribution in [3.8, 4) is 0 Å². The maximum Gasteiger partial charge on any atom is 0.254 e. The molecule has 28 heavy (non-hydrogen) atoms. The molecule has 2 heterocycles. The highest BCUT2D eigenvalue weighted by Gasteiger charge is 2.30. The minimum absolute atomic E-state index is 0.143. The maximum absolute atomic E-state index is 13.1. The highest BCUT2D eigenvalue weighted by molar-refractivity contribution is 6.01. The molecule has 2 aliphatic rings. The molecule has 2 aliphatic heterocycles. The van der Waals surface area contributed by atoms with Crippen molar-refractivity contribution >= 4 is 11.6 Å². The van der Waals surface area contributed by atoms with E-state index < -0.39 is 0 Å². The average molecular weight is 381 g/mol. The summed E-state index contributed by atoms with van der Waals surface area (Å²) in [5, 5.41) is 12.8. The van der Waals surface area contributed by atoms with Crippen molar-refractivity contribution in [2.75, 3.05) is 26.2 Å². The molecule has 0 spiro atoms. The Morgan fingerprint density at radius 3 is 2.50 bits per heavy atom. The zero-order valence-corrected chi connectivity index (χ0v) is 15.7. The second-order valence-electron chi connectivity index (χ2n) is 7.62. The monoisotopic (exact) mass is 381 g/mol. The van der Waals surface area contributed by atoms with E-state index in [1.165, 1.54) is 12.1 Å². The number of nitrogens with zero attached hydrogens (tertiary/aromatic N) is 3. The lowest BCUT2D eigenvalue weighted by atomic mass is 9.95. The summed E-state index contributed by atoms with van der Waals surface area (Å²) in [6, 6.07) is 13.8. The van der Waals surface area contributed by atoms with Gasteiger partial charge in [0.2, 0.25) is 0 Å². The van der Waals surface area contributed by atoms with Gasteiger partial charge < -0.3 is 10.1 Å². The first-order chi connectivity index (χ1) is 13.6. The predicted molar refractivity (Wildman–Crippen MR) is 105 cm³/mol. The number of fused-ring (bicyclic) bond motifs is 1. The van der Waals surface area contributed by atoms with Gasteiger partial charge >= 0.3 is 0 Å². The van der Waals surface area contributed by atoms with Crippen LogP contribution >= 0.6 is 0 Å². The van der Waals surface area contributed by atoms with Crippen molar-refractivity contribution < 1.29 is 14.4 Å². The summed E-state index contributed by atoms with van der Waals surface area (Å²) in [4.78, 5) is 16.8.